The molecule has 0 radical (unpaired) electrons. The van der Waals surface area contributed by atoms with Crippen LogP contribution >= 0.6 is 19.4 Å². The normalized spacial score (nSPS) is 12.0. The average Bonchev–Trinajstić information content (AvgIpc) is 1.82. The Bertz CT molecular complexity index is 194. The molecule has 0 aromatic heterocycles. The van der Waals surface area contributed by atoms with Crippen molar-refractivity contribution in [3.8, 4) is 0 Å². The van der Waals surface area contributed by atoms with Crippen molar-refractivity contribution in [3.05, 3.63) is 0 Å². The van der Waals surface area contributed by atoms with Crippen LogP contribution in [-0.2, 0) is 13.9 Å². The Morgan fingerprint density at radius 1 is 1.54 bits per heavy atom. The van der Waals surface area contributed by atoms with Gasteiger partial charge in [-0.15, -0.1) is 11.6 Å². The van der Waals surface area contributed by atoms with Gasteiger partial charge in [-0.25, -0.2) is 4.79 Å². The number of rotatable bonds is 3. The number of hydrogen-bond acceptors (Lipinski definition) is 6. The number of halogens is 1. The molecule has 0 aromatic carbocycles. The van der Waals surface area contributed by atoms with E-state index in [4.69, 9.17) is 16.7 Å². The minimum atomic E-state index is -5.36. The minimum Gasteiger partial charge on any atom is -0.780 e. The molecular formula is C3H4ClNa2O6P. The number of alkyl halides is 1. The third-order valence-electron chi connectivity index (χ3n) is 0.620. The van der Waals surface area contributed by atoms with Crippen molar-refractivity contribution in [2.75, 3.05) is 5.88 Å². The average molecular weight is 248 g/mol. The van der Waals surface area contributed by atoms with Gasteiger partial charge in [0.2, 0.25) is 0 Å². The van der Waals surface area contributed by atoms with Crippen molar-refractivity contribution in [1.82, 2.24) is 0 Å². The van der Waals surface area contributed by atoms with E-state index >= 15 is 0 Å². The summed E-state index contributed by atoms with van der Waals surface area (Å²) in [6.45, 7) is 0. The van der Waals surface area contributed by atoms with E-state index in [1.165, 1.54) is 0 Å². The summed E-state index contributed by atoms with van der Waals surface area (Å²) in [6.07, 6.45) is -1.78. The van der Waals surface area contributed by atoms with Gasteiger partial charge in [-0.05, 0) is 0 Å². The topological polar surface area (TPSA) is 110 Å². The number of phosphoric acid groups is 1. The zero-order chi connectivity index (χ0) is 9.07. The first-order valence-electron chi connectivity index (χ1n) is 2.36. The van der Waals surface area contributed by atoms with Crippen molar-refractivity contribution in [1.29, 1.82) is 0 Å². The molecule has 0 heterocycles. The quantitative estimate of drug-likeness (QED) is 0.302. The Labute approximate surface area is 124 Å². The molecule has 1 atom stereocenters. The number of carbonyl (C=O) groups excluding carboxylic acids is 1. The van der Waals surface area contributed by atoms with Gasteiger partial charge in [0.05, 0.1) is 5.88 Å². The molecule has 0 aliphatic heterocycles. The monoisotopic (exact) mass is 248 g/mol. The van der Waals surface area contributed by atoms with E-state index in [0.717, 1.165) is 0 Å². The van der Waals surface area contributed by atoms with E-state index < -0.39 is 25.8 Å². The first-order chi connectivity index (χ1) is 4.87. The Kier molecular flexibility index (Phi) is 14.2. The summed E-state index contributed by atoms with van der Waals surface area (Å²) in [5.74, 6) is -2.09. The second kappa shape index (κ2) is 9.12. The number of hydrogen-bond donors (Lipinski definition) is 1. The van der Waals surface area contributed by atoms with E-state index in [-0.39, 0.29) is 59.1 Å². The largest absolute Gasteiger partial charge is 1.00 e. The Hall–Kier alpha value is 1.87. The molecule has 0 saturated carbocycles. The molecule has 6 nitrogen and oxygen atoms in total. The van der Waals surface area contributed by atoms with E-state index in [0.29, 0.717) is 0 Å². The number of aliphatic hydroxyl groups is 1. The van der Waals surface area contributed by atoms with Gasteiger partial charge in [0, 0.05) is 0 Å². The van der Waals surface area contributed by atoms with Crippen molar-refractivity contribution in [2.45, 2.75) is 6.10 Å². The Morgan fingerprint density at radius 2 is 1.92 bits per heavy atom. The van der Waals surface area contributed by atoms with Crippen LogP contribution in [0.4, 0.5) is 0 Å². The summed E-state index contributed by atoms with van der Waals surface area (Å²) >= 11 is 4.93. The number of phosphoric ester groups is 1. The van der Waals surface area contributed by atoms with Crippen LogP contribution in [0.3, 0.4) is 0 Å². The Morgan fingerprint density at radius 3 is 2.15 bits per heavy atom. The van der Waals surface area contributed by atoms with Crippen LogP contribution < -0.4 is 68.9 Å². The maximum absolute atomic E-state index is 10.3. The van der Waals surface area contributed by atoms with Crippen molar-refractivity contribution in [3.63, 3.8) is 0 Å². The zero-order valence-corrected chi connectivity index (χ0v) is 12.7. The first kappa shape index (κ1) is 20.3. The molecule has 0 spiro atoms. The molecule has 0 saturated heterocycles. The smallest absolute Gasteiger partial charge is 0.780 e. The SMILES string of the molecule is O=C(OP(=O)([O-])[O-])C(O)CCl.[Na+].[Na+]. The van der Waals surface area contributed by atoms with Gasteiger partial charge in [-0.3, -0.25) is 0 Å². The van der Waals surface area contributed by atoms with Gasteiger partial charge >= 0.3 is 65.1 Å². The molecule has 1 unspecified atom stereocenters. The standard InChI is InChI=1S/C3H6ClO6P.2Na/c4-1-2(5)3(6)10-11(7,8)9;;/h2,5H,1H2,(H2,7,8,9);;/q;2*+1/p-2. The summed E-state index contributed by atoms with van der Waals surface area (Å²) in [4.78, 5) is 29.7. The van der Waals surface area contributed by atoms with Crippen molar-refractivity contribution >= 4 is 25.4 Å². The van der Waals surface area contributed by atoms with E-state index in [1.807, 2.05) is 0 Å². The zero-order valence-electron chi connectivity index (χ0n) is 7.10. The van der Waals surface area contributed by atoms with Gasteiger partial charge in [-0.1, -0.05) is 0 Å². The fourth-order valence-corrected chi connectivity index (χ4v) is 0.702. The second-order valence-electron chi connectivity index (χ2n) is 1.53. The van der Waals surface area contributed by atoms with Gasteiger partial charge in [-0.2, -0.15) is 0 Å². The molecule has 0 fully saturated rings. The van der Waals surface area contributed by atoms with Crippen LogP contribution in [0.1, 0.15) is 0 Å². The maximum Gasteiger partial charge on any atom is 1.00 e. The minimum absolute atomic E-state index is 0. The molecule has 0 aliphatic carbocycles. The fraction of sp³-hybridized carbons (Fsp3) is 0.667. The molecule has 0 amide bonds. The summed E-state index contributed by atoms with van der Waals surface area (Å²) in [7, 11) is -5.36. The van der Waals surface area contributed by atoms with E-state index in [1.54, 1.807) is 0 Å². The number of carbonyl (C=O) groups is 1. The predicted molar refractivity (Wildman–Crippen MR) is 30.4 cm³/mol. The Balaban J connectivity index is -0.000000500. The van der Waals surface area contributed by atoms with Gasteiger partial charge in [0.15, 0.2) is 6.10 Å². The van der Waals surface area contributed by atoms with Crippen molar-refractivity contribution in [2.24, 2.45) is 0 Å². The molecule has 0 rings (SSSR count). The molecular weight excluding hydrogens is 244 g/mol. The molecule has 0 bridgehead atoms. The summed E-state index contributed by atoms with van der Waals surface area (Å²) < 4.78 is 13.0. The van der Waals surface area contributed by atoms with E-state index in [9.17, 15) is 19.1 Å². The van der Waals surface area contributed by atoms with Gasteiger partial charge in [0.1, 0.15) is 7.82 Å². The van der Waals surface area contributed by atoms with E-state index in [2.05, 4.69) is 4.52 Å². The van der Waals surface area contributed by atoms with Crippen LogP contribution in [0.2, 0.25) is 0 Å². The summed E-state index contributed by atoms with van der Waals surface area (Å²) in [6, 6.07) is 0. The molecule has 0 aromatic rings. The third kappa shape index (κ3) is 11.8. The first-order valence-corrected chi connectivity index (χ1v) is 4.36. The molecule has 0 aliphatic rings. The molecule has 66 valence electrons. The maximum atomic E-state index is 10.3. The van der Waals surface area contributed by atoms with Crippen molar-refractivity contribution < 1.29 is 87.9 Å². The predicted octanol–water partition coefficient (Wildman–Crippen LogP) is -8.03. The molecule has 10 heteroatoms. The van der Waals surface area contributed by atoms with Crippen LogP contribution in [0.25, 0.3) is 0 Å². The summed E-state index contributed by atoms with van der Waals surface area (Å²) in [5, 5.41) is 8.48. The van der Waals surface area contributed by atoms with Crippen LogP contribution in [0.15, 0.2) is 0 Å². The fourth-order valence-electron chi connectivity index (χ4n) is 0.234. The van der Waals surface area contributed by atoms with Crippen LogP contribution in [0, 0.1) is 0 Å². The third-order valence-corrected chi connectivity index (χ3v) is 1.32. The van der Waals surface area contributed by atoms with Gasteiger partial charge in [0.25, 0.3) is 0 Å². The second-order valence-corrected chi connectivity index (χ2v) is 2.91. The summed E-state index contributed by atoms with van der Waals surface area (Å²) in [5.41, 5.74) is 0. The van der Waals surface area contributed by atoms with Gasteiger partial charge < -0.3 is 24.0 Å². The molecule has 13 heavy (non-hydrogen) atoms. The van der Waals surface area contributed by atoms with Crippen LogP contribution in [0.5, 0.6) is 0 Å². The van der Waals surface area contributed by atoms with Crippen LogP contribution in [-0.4, -0.2) is 23.1 Å². The molecule has 1 N–H and O–H groups in total. The number of aliphatic hydroxyl groups excluding tert-OH is 1.